The molecule has 0 bridgehead atoms. The molecule has 0 radical (unpaired) electrons. The van der Waals surface area contributed by atoms with Crippen LogP contribution in [-0.2, 0) is 16.0 Å². The summed E-state index contributed by atoms with van der Waals surface area (Å²) in [5, 5.41) is 6.71. The van der Waals surface area contributed by atoms with Gasteiger partial charge in [0.1, 0.15) is 6.10 Å². The molecule has 0 unspecified atom stereocenters. The van der Waals surface area contributed by atoms with Gasteiger partial charge in [0.05, 0.1) is 13.1 Å². The summed E-state index contributed by atoms with van der Waals surface area (Å²) in [7, 11) is 0. The number of cyclic esters (lactones) is 1. The monoisotopic (exact) mass is 410 g/mol. The maximum Gasteiger partial charge on any atom is 0.414 e. The molecule has 0 spiro atoms. The number of anilines is 1. The van der Waals surface area contributed by atoms with Gasteiger partial charge in [0.25, 0.3) is 0 Å². The number of rotatable bonds is 4. The van der Waals surface area contributed by atoms with Crippen LogP contribution in [0.2, 0.25) is 0 Å². The molecule has 1 aromatic heterocycles. The fourth-order valence-electron chi connectivity index (χ4n) is 3.72. The van der Waals surface area contributed by atoms with Crippen LogP contribution < -0.4 is 10.2 Å². The number of aryl methyl sites for hydroxylation is 1. The highest BCUT2D eigenvalue weighted by molar-refractivity contribution is 7.08. The van der Waals surface area contributed by atoms with E-state index in [0.717, 1.165) is 41.6 Å². The summed E-state index contributed by atoms with van der Waals surface area (Å²) < 4.78 is 5.34. The highest BCUT2D eigenvalue weighted by atomic mass is 32.1. The van der Waals surface area contributed by atoms with Gasteiger partial charge in [-0.25, -0.2) is 4.79 Å². The first-order valence-corrected chi connectivity index (χ1v) is 10.6. The number of carbonyl (C=O) groups excluding carboxylic acids is 3. The van der Waals surface area contributed by atoms with Gasteiger partial charge in [-0.05, 0) is 71.5 Å². The van der Waals surface area contributed by atoms with E-state index in [1.807, 2.05) is 35.0 Å². The number of hydrogen-bond donors (Lipinski definition) is 1. The van der Waals surface area contributed by atoms with Crippen LogP contribution in [0.5, 0.6) is 0 Å². The molecule has 6 nitrogen and oxygen atoms in total. The van der Waals surface area contributed by atoms with E-state index in [-0.39, 0.29) is 24.3 Å². The zero-order valence-corrected chi connectivity index (χ0v) is 17.0. The van der Waals surface area contributed by atoms with E-state index in [2.05, 4.69) is 5.32 Å². The Morgan fingerprint density at radius 1 is 1.31 bits per heavy atom. The topological polar surface area (TPSA) is 75.7 Å². The minimum absolute atomic E-state index is 0.0581. The number of nitrogens with one attached hydrogen (secondary N) is 1. The molecule has 1 atom stereocenters. The second kappa shape index (κ2) is 8.21. The molecule has 7 heteroatoms. The minimum Gasteiger partial charge on any atom is -0.442 e. The molecule has 1 saturated heterocycles. The highest BCUT2D eigenvalue weighted by Gasteiger charge is 2.33. The third-order valence-corrected chi connectivity index (χ3v) is 5.87. The molecule has 29 heavy (non-hydrogen) atoms. The lowest BCUT2D eigenvalue weighted by Crippen LogP contribution is -2.33. The Kier molecular flexibility index (Phi) is 5.49. The zero-order chi connectivity index (χ0) is 20.4. The van der Waals surface area contributed by atoms with Crippen molar-refractivity contribution in [1.29, 1.82) is 0 Å². The largest absolute Gasteiger partial charge is 0.442 e. The number of thiophene rings is 1. The Balaban J connectivity index is 1.55. The maximum absolute atomic E-state index is 13.1. The number of hydrogen-bond acceptors (Lipinski definition) is 5. The number of benzene rings is 1. The van der Waals surface area contributed by atoms with Crippen molar-refractivity contribution in [3.63, 3.8) is 0 Å². The van der Waals surface area contributed by atoms with Crippen molar-refractivity contribution >= 4 is 40.9 Å². The van der Waals surface area contributed by atoms with Gasteiger partial charge in [-0.2, -0.15) is 11.3 Å². The van der Waals surface area contributed by atoms with E-state index in [9.17, 15) is 14.4 Å². The summed E-state index contributed by atoms with van der Waals surface area (Å²) in [6.07, 6.45) is 3.57. The van der Waals surface area contributed by atoms with Crippen molar-refractivity contribution in [2.75, 3.05) is 18.0 Å². The quantitative estimate of drug-likeness (QED) is 0.614. The Hall–Kier alpha value is -2.93. The van der Waals surface area contributed by atoms with Crippen molar-refractivity contribution in [2.45, 2.75) is 32.3 Å². The standard InChI is InChI=1S/C22H22N2O4S/c1-14(25)23-11-19-12-24(22(27)28-19)18-5-6-20-16(10-18)3-2-4-17(21(20)26)9-15-7-8-29-13-15/h5-10,13,19H,2-4,11-12H2,1H3,(H,23,25)/t19-/m0/s1. The van der Waals surface area contributed by atoms with Crippen LogP contribution >= 0.6 is 11.3 Å². The van der Waals surface area contributed by atoms with E-state index in [1.54, 1.807) is 22.3 Å². The van der Waals surface area contributed by atoms with Gasteiger partial charge in [0.15, 0.2) is 5.78 Å². The van der Waals surface area contributed by atoms with Crippen molar-refractivity contribution in [1.82, 2.24) is 5.32 Å². The average molecular weight is 410 g/mol. The third-order valence-electron chi connectivity index (χ3n) is 5.17. The number of ether oxygens (including phenoxy) is 1. The maximum atomic E-state index is 13.1. The second-order valence-corrected chi connectivity index (χ2v) is 8.08. The number of ketones is 1. The summed E-state index contributed by atoms with van der Waals surface area (Å²) in [4.78, 5) is 38.0. The van der Waals surface area contributed by atoms with Crippen LogP contribution in [-0.4, -0.2) is 37.0 Å². The Morgan fingerprint density at radius 3 is 2.93 bits per heavy atom. The van der Waals surface area contributed by atoms with Crippen LogP contribution in [0.1, 0.15) is 41.3 Å². The Bertz CT molecular complexity index is 981. The first-order valence-electron chi connectivity index (χ1n) is 9.64. The summed E-state index contributed by atoms with van der Waals surface area (Å²) >= 11 is 1.61. The Labute approximate surface area is 173 Å². The number of amides is 2. The number of carbonyl (C=O) groups is 3. The average Bonchev–Trinajstić information content (AvgIpc) is 3.31. The molecule has 2 aliphatic rings. The molecule has 1 fully saturated rings. The minimum atomic E-state index is -0.432. The van der Waals surface area contributed by atoms with Gasteiger partial charge in [0.2, 0.25) is 5.91 Å². The summed E-state index contributed by atoms with van der Waals surface area (Å²) in [6.45, 7) is 2.09. The molecule has 1 N–H and O–H groups in total. The molecule has 0 saturated carbocycles. The van der Waals surface area contributed by atoms with Crippen LogP contribution in [0.15, 0.2) is 40.6 Å². The molecule has 4 rings (SSSR count). The number of allylic oxidation sites excluding steroid dienone is 1. The zero-order valence-electron chi connectivity index (χ0n) is 16.1. The van der Waals surface area contributed by atoms with Gasteiger partial charge in [-0.1, -0.05) is 0 Å². The SMILES string of the molecule is CC(=O)NC[C@H]1CN(c2ccc3c(c2)CCCC(=Cc2ccsc2)C3=O)C(=O)O1. The summed E-state index contributed by atoms with van der Waals surface area (Å²) in [5.41, 5.74) is 4.26. The van der Waals surface area contributed by atoms with Crippen LogP contribution in [0, 0.1) is 0 Å². The number of fused-ring (bicyclic) bond motifs is 1. The van der Waals surface area contributed by atoms with Crippen LogP contribution in [0.25, 0.3) is 6.08 Å². The molecule has 1 aromatic carbocycles. The van der Waals surface area contributed by atoms with Crippen molar-refractivity contribution in [3.8, 4) is 0 Å². The fourth-order valence-corrected chi connectivity index (χ4v) is 4.34. The number of nitrogens with zero attached hydrogens (tertiary/aromatic N) is 1. The first-order chi connectivity index (χ1) is 14.0. The molecule has 1 aliphatic carbocycles. The van der Waals surface area contributed by atoms with Crippen molar-refractivity contribution < 1.29 is 19.1 Å². The molecule has 150 valence electrons. The van der Waals surface area contributed by atoms with Gasteiger partial charge in [-0.3, -0.25) is 14.5 Å². The molecular weight excluding hydrogens is 388 g/mol. The fraction of sp³-hybridized carbons (Fsp3) is 0.318. The normalized spacial score (nSPS) is 20.4. The van der Waals surface area contributed by atoms with E-state index in [4.69, 9.17) is 4.74 Å². The predicted octanol–water partition coefficient (Wildman–Crippen LogP) is 3.81. The van der Waals surface area contributed by atoms with Gasteiger partial charge < -0.3 is 10.1 Å². The molecule has 2 heterocycles. The molecular formula is C22H22N2O4S. The smallest absolute Gasteiger partial charge is 0.414 e. The van der Waals surface area contributed by atoms with E-state index < -0.39 is 6.09 Å². The van der Waals surface area contributed by atoms with E-state index in [1.165, 1.54) is 6.92 Å². The van der Waals surface area contributed by atoms with Crippen LogP contribution in [0.4, 0.5) is 10.5 Å². The summed E-state index contributed by atoms with van der Waals surface area (Å²) in [5.74, 6) is -0.0999. The Morgan fingerprint density at radius 2 is 2.17 bits per heavy atom. The summed E-state index contributed by atoms with van der Waals surface area (Å²) in [6, 6.07) is 7.54. The van der Waals surface area contributed by atoms with Crippen molar-refractivity contribution in [3.05, 3.63) is 57.3 Å². The van der Waals surface area contributed by atoms with Gasteiger partial charge >= 0.3 is 6.09 Å². The molecule has 2 amide bonds. The van der Waals surface area contributed by atoms with E-state index >= 15 is 0 Å². The highest BCUT2D eigenvalue weighted by Crippen LogP contribution is 2.30. The number of Topliss-reactive ketones (excluding diaryl/α,β-unsaturated/α-hetero) is 1. The second-order valence-electron chi connectivity index (χ2n) is 7.30. The lowest BCUT2D eigenvalue weighted by molar-refractivity contribution is -0.119. The van der Waals surface area contributed by atoms with Crippen LogP contribution in [0.3, 0.4) is 0 Å². The van der Waals surface area contributed by atoms with Crippen molar-refractivity contribution in [2.24, 2.45) is 0 Å². The van der Waals surface area contributed by atoms with Gasteiger partial charge in [0, 0.05) is 23.7 Å². The molecule has 1 aliphatic heterocycles. The predicted molar refractivity (Wildman–Crippen MR) is 112 cm³/mol. The lowest BCUT2D eigenvalue weighted by Gasteiger charge is -2.15. The van der Waals surface area contributed by atoms with Gasteiger partial charge in [-0.15, -0.1) is 0 Å². The molecule has 2 aromatic rings. The first kappa shape index (κ1) is 19.4. The van der Waals surface area contributed by atoms with E-state index in [0.29, 0.717) is 12.1 Å². The lowest BCUT2D eigenvalue weighted by atomic mass is 9.98. The third kappa shape index (κ3) is 4.24.